The van der Waals surface area contributed by atoms with Gasteiger partial charge in [-0.2, -0.15) is 0 Å². The van der Waals surface area contributed by atoms with Gasteiger partial charge in [-0.15, -0.1) is 0 Å². The summed E-state index contributed by atoms with van der Waals surface area (Å²) in [6.45, 7) is 8.27. The summed E-state index contributed by atoms with van der Waals surface area (Å²) < 4.78 is 0. The summed E-state index contributed by atoms with van der Waals surface area (Å²) in [5.41, 5.74) is 2.70. The second-order valence-corrected chi connectivity index (χ2v) is 5.88. The molecule has 104 valence electrons. The lowest BCUT2D eigenvalue weighted by Gasteiger charge is -2.44. The standard InChI is InChI=1S/C16H25N3/c1-2-14-6-5-8-17-16(14)13-18-10-11-19-9-4-3-7-15(19)12-18/h5-6,8,15H,2-4,7,9-13H2,1H3. The van der Waals surface area contributed by atoms with E-state index in [0.29, 0.717) is 0 Å². The van der Waals surface area contributed by atoms with E-state index in [1.165, 1.54) is 56.7 Å². The SMILES string of the molecule is CCc1cccnc1CN1CCN2CCCCC2C1. The van der Waals surface area contributed by atoms with Gasteiger partial charge in [0.15, 0.2) is 0 Å². The fraction of sp³-hybridized carbons (Fsp3) is 0.688. The molecular weight excluding hydrogens is 234 g/mol. The molecule has 1 atom stereocenters. The molecule has 1 aromatic rings. The molecule has 0 radical (unpaired) electrons. The van der Waals surface area contributed by atoms with E-state index in [2.05, 4.69) is 33.8 Å². The van der Waals surface area contributed by atoms with Crippen molar-refractivity contribution in [2.75, 3.05) is 26.2 Å². The first-order valence-electron chi connectivity index (χ1n) is 7.76. The first-order chi connectivity index (χ1) is 9.36. The molecule has 19 heavy (non-hydrogen) atoms. The van der Waals surface area contributed by atoms with E-state index in [1.54, 1.807) is 0 Å². The lowest BCUT2D eigenvalue weighted by molar-refractivity contribution is 0.0450. The third-order valence-corrected chi connectivity index (χ3v) is 4.66. The third kappa shape index (κ3) is 2.98. The van der Waals surface area contributed by atoms with Crippen LogP contribution in [-0.4, -0.2) is 47.0 Å². The highest BCUT2D eigenvalue weighted by Crippen LogP contribution is 2.22. The molecule has 0 N–H and O–H groups in total. The van der Waals surface area contributed by atoms with Crippen LogP contribution in [0.25, 0.3) is 0 Å². The fourth-order valence-corrected chi connectivity index (χ4v) is 3.51. The van der Waals surface area contributed by atoms with Gasteiger partial charge >= 0.3 is 0 Å². The zero-order chi connectivity index (χ0) is 13.1. The van der Waals surface area contributed by atoms with E-state index in [4.69, 9.17) is 0 Å². The first-order valence-corrected chi connectivity index (χ1v) is 7.76. The van der Waals surface area contributed by atoms with E-state index < -0.39 is 0 Å². The molecule has 1 unspecified atom stereocenters. The van der Waals surface area contributed by atoms with E-state index in [-0.39, 0.29) is 0 Å². The number of hydrogen-bond acceptors (Lipinski definition) is 3. The highest BCUT2D eigenvalue weighted by molar-refractivity contribution is 5.19. The van der Waals surface area contributed by atoms with E-state index in [0.717, 1.165) is 19.0 Å². The molecule has 0 amide bonds. The summed E-state index contributed by atoms with van der Waals surface area (Å²) in [6, 6.07) is 5.08. The number of aryl methyl sites for hydroxylation is 1. The van der Waals surface area contributed by atoms with Gasteiger partial charge < -0.3 is 0 Å². The quantitative estimate of drug-likeness (QED) is 0.830. The molecule has 2 fully saturated rings. The minimum atomic E-state index is 0.802. The maximum absolute atomic E-state index is 4.59. The number of piperazine rings is 1. The maximum Gasteiger partial charge on any atom is 0.0575 e. The average Bonchev–Trinajstić information content (AvgIpc) is 2.48. The molecule has 3 nitrogen and oxygen atoms in total. The van der Waals surface area contributed by atoms with Crippen LogP contribution in [-0.2, 0) is 13.0 Å². The molecule has 3 heterocycles. The van der Waals surface area contributed by atoms with Gasteiger partial charge in [-0.25, -0.2) is 0 Å². The lowest BCUT2D eigenvalue weighted by Crippen LogP contribution is -2.54. The Hall–Kier alpha value is -0.930. The number of hydrogen-bond donors (Lipinski definition) is 0. The largest absolute Gasteiger partial charge is 0.298 e. The molecule has 1 aromatic heterocycles. The molecule has 2 aliphatic heterocycles. The van der Waals surface area contributed by atoms with Crippen LogP contribution in [0.3, 0.4) is 0 Å². The fourth-order valence-electron chi connectivity index (χ4n) is 3.51. The van der Waals surface area contributed by atoms with Crippen molar-refractivity contribution < 1.29 is 0 Å². The Morgan fingerprint density at radius 3 is 3.11 bits per heavy atom. The Labute approximate surface area is 116 Å². The summed E-state index contributed by atoms with van der Waals surface area (Å²) in [6.07, 6.45) is 7.23. The van der Waals surface area contributed by atoms with Crippen LogP contribution >= 0.6 is 0 Å². The first kappa shape index (κ1) is 13.1. The molecule has 2 aliphatic rings. The van der Waals surface area contributed by atoms with Crippen LogP contribution in [0.4, 0.5) is 0 Å². The predicted octanol–water partition coefficient (Wildman–Crippen LogP) is 2.31. The number of piperidine rings is 1. The molecule has 0 aliphatic carbocycles. The van der Waals surface area contributed by atoms with Crippen molar-refractivity contribution in [3.8, 4) is 0 Å². The summed E-state index contributed by atoms with van der Waals surface area (Å²) in [5.74, 6) is 0. The second kappa shape index (κ2) is 6.02. The van der Waals surface area contributed by atoms with E-state index in [9.17, 15) is 0 Å². The average molecular weight is 259 g/mol. The Balaban J connectivity index is 1.64. The van der Waals surface area contributed by atoms with Crippen molar-refractivity contribution in [1.82, 2.24) is 14.8 Å². The van der Waals surface area contributed by atoms with Gasteiger partial charge in [0.1, 0.15) is 0 Å². The van der Waals surface area contributed by atoms with Crippen LogP contribution in [0.2, 0.25) is 0 Å². The summed E-state index contributed by atoms with van der Waals surface area (Å²) in [4.78, 5) is 9.89. The summed E-state index contributed by atoms with van der Waals surface area (Å²) in [7, 11) is 0. The van der Waals surface area contributed by atoms with Crippen LogP contribution in [0.15, 0.2) is 18.3 Å². The minimum absolute atomic E-state index is 0.802. The Bertz CT molecular complexity index is 418. The molecule has 0 aromatic carbocycles. The highest BCUT2D eigenvalue weighted by Gasteiger charge is 2.28. The van der Waals surface area contributed by atoms with Gasteiger partial charge in [0.2, 0.25) is 0 Å². The lowest BCUT2D eigenvalue weighted by atomic mass is 9.99. The third-order valence-electron chi connectivity index (χ3n) is 4.66. The van der Waals surface area contributed by atoms with Gasteiger partial charge in [0.25, 0.3) is 0 Å². The Kier molecular flexibility index (Phi) is 4.14. The van der Waals surface area contributed by atoms with Crippen LogP contribution in [0.5, 0.6) is 0 Å². The molecule has 3 rings (SSSR count). The smallest absolute Gasteiger partial charge is 0.0575 e. The van der Waals surface area contributed by atoms with Crippen molar-refractivity contribution in [2.45, 2.75) is 45.2 Å². The Morgan fingerprint density at radius 1 is 1.26 bits per heavy atom. The molecule has 0 saturated carbocycles. The number of pyridine rings is 1. The van der Waals surface area contributed by atoms with Crippen molar-refractivity contribution in [3.05, 3.63) is 29.6 Å². The van der Waals surface area contributed by atoms with E-state index in [1.807, 2.05) is 6.20 Å². The molecule has 2 saturated heterocycles. The van der Waals surface area contributed by atoms with Crippen LogP contribution in [0, 0.1) is 0 Å². The summed E-state index contributed by atoms with van der Waals surface area (Å²) >= 11 is 0. The second-order valence-electron chi connectivity index (χ2n) is 5.88. The van der Waals surface area contributed by atoms with Crippen LogP contribution < -0.4 is 0 Å². The number of rotatable bonds is 3. The predicted molar refractivity (Wildman–Crippen MR) is 78.1 cm³/mol. The molecule has 0 bridgehead atoms. The van der Waals surface area contributed by atoms with Gasteiger partial charge in [-0.1, -0.05) is 19.4 Å². The number of nitrogens with zero attached hydrogens (tertiary/aromatic N) is 3. The zero-order valence-corrected chi connectivity index (χ0v) is 12.0. The highest BCUT2D eigenvalue weighted by atomic mass is 15.3. The van der Waals surface area contributed by atoms with Crippen LogP contribution in [0.1, 0.15) is 37.4 Å². The summed E-state index contributed by atoms with van der Waals surface area (Å²) in [5, 5.41) is 0. The topological polar surface area (TPSA) is 19.4 Å². The number of fused-ring (bicyclic) bond motifs is 1. The van der Waals surface area contributed by atoms with Gasteiger partial charge in [0.05, 0.1) is 5.69 Å². The Morgan fingerprint density at radius 2 is 2.21 bits per heavy atom. The van der Waals surface area contributed by atoms with Crippen molar-refractivity contribution in [2.24, 2.45) is 0 Å². The van der Waals surface area contributed by atoms with Gasteiger partial charge in [-0.3, -0.25) is 14.8 Å². The molecule has 3 heteroatoms. The normalized spacial score (nSPS) is 25.2. The van der Waals surface area contributed by atoms with Crippen molar-refractivity contribution >= 4 is 0 Å². The monoisotopic (exact) mass is 259 g/mol. The van der Waals surface area contributed by atoms with Crippen molar-refractivity contribution in [1.29, 1.82) is 0 Å². The van der Waals surface area contributed by atoms with Crippen molar-refractivity contribution in [3.63, 3.8) is 0 Å². The van der Waals surface area contributed by atoms with Gasteiger partial charge in [0, 0.05) is 38.4 Å². The molecular formula is C16H25N3. The van der Waals surface area contributed by atoms with E-state index >= 15 is 0 Å². The number of aromatic nitrogens is 1. The molecule has 0 spiro atoms. The maximum atomic E-state index is 4.59. The minimum Gasteiger partial charge on any atom is -0.298 e. The zero-order valence-electron chi connectivity index (χ0n) is 12.0. The van der Waals surface area contributed by atoms with Gasteiger partial charge in [-0.05, 0) is 37.4 Å².